The molecule has 0 radical (unpaired) electrons. The lowest BCUT2D eigenvalue weighted by molar-refractivity contribution is -0.111. The van der Waals surface area contributed by atoms with Gasteiger partial charge in [-0.1, -0.05) is 5.92 Å². The summed E-state index contributed by atoms with van der Waals surface area (Å²) in [6.45, 7) is 3.36. The number of aryl methyl sites for hydroxylation is 1. The number of nitrogens with zero attached hydrogens (tertiary/aromatic N) is 2. The molecule has 0 saturated carbocycles. The first kappa shape index (κ1) is 8.68. The molecular formula is C7H7N3OS. The molecular weight excluding hydrogens is 174 g/mol. The second-order valence-corrected chi connectivity index (χ2v) is 2.73. The Balaban J connectivity index is 2.62. The van der Waals surface area contributed by atoms with Gasteiger partial charge in [-0.05, 0) is 19.8 Å². The molecule has 0 aliphatic carbocycles. The predicted octanol–water partition coefficient (Wildman–Crippen LogP) is 0.808. The van der Waals surface area contributed by atoms with Crippen molar-refractivity contribution in [3.63, 3.8) is 0 Å². The zero-order valence-corrected chi connectivity index (χ0v) is 7.53. The molecule has 1 aromatic heterocycles. The van der Waals surface area contributed by atoms with Gasteiger partial charge in [0.25, 0.3) is 0 Å². The molecule has 1 heterocycles. The fourth-order valence-electron chi connectivity index (χ4n) is 0.590. The number of carbonyl (C=O) groups is 1. The Hall–Kier alpha value is -1.41. The molecule has 1 aromatic rings. The minimum Gasteiger partial charge on any atom is -0.290 e. The Kier molecular flexibility index (Phi) is 2.77. The summed E-state index contributed by atoms with van der Waals surface area (Å²) < 4.78 is 3.90. The molecule has 0 spiro atoms. The molecule has 0 bridgehead atoms. The lowest BCUT2D eigenvalue weighted by Gasteiger charge is -1.89. The Morgan fingerprint density at radius 2 is 2.42 bits per heavy atom. The van der Waals surface area contributed by atoms with Crippen LogP contribution in [0, 0.1) is 18.8 Å². The predicted molar refractivity (Wildman–Crippen MR) is 46.7 cm³/mol. The highest BCUT2D eigenvalue weighted by Crippen LogP contribution is 2.08. The molecule has 0 fully saturated rings. The van der Waals surface area contributed by atoms with Gasteiger partial charge in [-0.3, -0.25) is 10.1 Å². The maximum absolute atomic E-state index is 10.9. The summed E-state index contributed by atoms with van der Waals surface area (Å²) in [7, 11) is 0. The molecule has 0 aromatic carbocycles. The molecule has 1 amide bonds. The first-order chi connectivity index (χ1) is 5.72. The van der Waals surface area contributed by atoms with Gasteiger partial charge in [0, 0.05) is 11.5 Å². The molecule has 4 nitrogen and oxygen atoms in total. The maximum Gasteiger partial charge on any atom is 0.302 e. The van der Waals surface area contributed by atoms with E-state index in [-0.39, 0.29) is 5.91 Å². The summed E-state index contributed by atoms with van der Waals surface area (Å²) in [5.74, 6) is 5.13. The Morgan fingerprint density at radius 1 is 1.67 bits per heavy atom. The molecule has 62 valence electrons. The van der Waals surface area contributed by atoms with E-state index in [4.69, 9.17) is 0 Å². The molecule has 5 heteroatoms. The largest absolute Gasteiger partial charge is 0.302 e. The van der Waals surface area contributed by atoms with Crippen molar-refractivity contribution in [1.29, 1.82) is 0 Å². The average Bonchev–Trinajstić information content (AvgIpc) is 2.36. The quantitative estimate of drug-likeness (QED) is 0.652. The summed E-state index contributed by atoms with van der Waals surface area (Å²) in [5.41, 5.74) is 0. The van der Waals surface area contributed by atoms with Crippen molar-refractivity contribution in [2.24, 2.45) is 0 Å². The number of nitrogens with one attached hydrogen (secondary N) is 1. The van der Waals surface area contributed by atoms with Crippen LogP contribution in [0.2, 0.25) is 0 Å². The van der Waals surface area contributed by atoms with Crippen LogP contribution in [0.1, 0.15) is 12.7 Å². The highest BCUT2D eigenvalue weighted by molar-refractivity contribution is 7.09. The van der Waals surface area contributed by atoms with Gasteiger partial charge in [0.05, 0.1) is 0 Å². The molecule has 1 N–H and O–H groups in total. The van der Waals surface area contributed by atoms with Crippen LogP contribution in [-0.4, -0.2) is 15.3 Å². The monoisotopic (exact) mass is 181 g/mol. The third-order valence-electron chi connectivity index (χ3n) is 0.987. The van der Waals surface area contributed by atoms with Crippen molar-refractivity contribution in [3.05, 3.63) is 5.82 Å². The van der Waals surface area contributed by atoms with Crippen molar-refractivity contribution >= 4 is 22.6 Å². The van der Waals surface area contributed by atoms with Crippen molar-refractivity contribution in [3.8, 4) is 11.8 Å². The number of anilines is 1. The molecule has 1 rings (SSSR count). The van der Waals surface area contributed by atoms with Gasteiger partial charge in [-0.25, -0.2) is 4.98 Å². The van der Waals surface area contributed by atoms with Crippen LogP contribution in [0.3, 0.4) is 0 Å². The van der Waals surface area contributed by atoms with Gasteiger partial charge < -0.3 is 0 Å². The van der Waals surface area contributed by atoms with Crippen LogP contribution < -0.4 is 5.32 Å². The normalized spacial score (nSPS) is 8.50. The number of rotatable bonds is 1. The summed E-state index contributed by atoms with van der Waals surface area (Å²) in [5, 5.41) is 2.98. The Labute approximate surface area is 74.2 Å². The third kappa shape index (κ3) is 2.32. The molecule has 0 atom stereocenters. The van der Waals surface area contributed by atoms with E-state index in [9.17, 15) is 4.79 Å². The molecule has 0 unspecified atom stereocenters. The van der Waals surface area contributed by atoms with E-state index in [0.717, 1.165) is 11.5 Å². The van der Waals surface area contributed by atoms with Gasteiger partial charge in [0.15, 0.2) is 0 Å². The smallest absolute Gasteiger partial charge is 0.290 e. The summed E-state index contributed by atoms with van der Waals surface area (Å²) >= 11 is 1.14. The summed E-state index contributed by atoms with van der Waals surface area (Å²) in [6, 6.07) is 0. The first-order valence-electron chi connectivity index (χ1n) is 3.26. The van der Waals surface area contributed by atoms with Crippen molar-refractivity contribution < 1.29 is 4.79 Å². The van der Waals surface area contributed by atoms with E-state index in [2.05, 4.69) is 26.5 Å². The lowest BCUT2D eigenvalue weighted by atomic mass is 10.6. The maximum atomic E-state index is 10.9. The molecule has 0 aliphatic rings. The topological polar surface area (TPSA) is 54.9 Å². The molecule has 12 heavy (non-hydrogen) atoms. The minimum atomic E-state index is -0.353. The molecule has 0 saturated heterocycles. The van der Waals surface area contributed by atoms with Gasteiger partial charge >= 0.3 is 5.91 Å². The zero-order chi connectivity index (χ0) is 8.97. The number of aromatic nitrogens is 2. The van der Waals surface area contributed by atoms with E-state index < -0.39 is 0 Å². The van der Waals surface area contributed by atoms with Gasteiger partial charge in [0.2, 0.25) is 5.13 Å². The van der Waals surface area contributed by atoms with Crippen LogP contribution in [0.15, 0.2) is 0 Å². The van der Waals surface area contributed by atoms with Crippen molar-refractivity contribution in [2.45, 2.75) is 13.8 Å². The summed E-state index contributed by atoms with van der Waals surface area (Å²) in [6.07, 6.45) is 0. The highest BCUT2D eigenvalue weighted by atomic mass is 32.1. The van der Waals surface area contributed by atoms with Gasteiger partial charge in [-0.15, -0.1) is 0 Å². The standard InChI is InChI=1S/C7H7N3OS/c1-3-4-6(11)9-7-8-5(2)10-12-7/h1-2H3,(H,8,9,10,11). The van der Waals surface area contributed by atoms with E-state index >= 15 is 0 Å². The SMILES string of the molecule is CC#CC(=O)Nc1nc(C)ns1. The minimum absolute atomic E-state index is 0.353. The second kappa shape index (κ2) is 3.83. The first-order valence-corrected chi connectivity index (χ1v) is 4.04. The van der Waals surface area contributed by atoms with E-state index in [1.54, 1.807) is 13.8 Å². The van der Waals surface area contributed by atoms with Crippen LogP contribution in [0.4, 0.5) is 5.13 Å². The van der Waals surface area contributed by atoms with E-state index in [0.29, 0.717) is 11.0 Å². The van der Waals surface area contributed by atoms with Crippen molar-refractivity contribution in [1.82, 2.24) is 9.36 Å². The second-order valence-electron chi connectivity index (χ2n) is 1.98. The number of amides is 1. The van der Waals surface area contributed by atoms with Gasteiger partial charge in [-0.2, -0.15) is 4.37 Å². The average molecular weight is 181 g/mol. The zero-order valence-electron chi connectivity index (χ0n) is 6.71. The Bertz CT molecular complexity index is 347. The van der Waals surface area contributed by atoms with Crippen LogP contribution in [-0.2, 0) is 4.79 Å². The Morgan fingerprint density at radius 3 is 2.92 bits per heavy atom. The van der Waals surface area contributed by atoms with Crippen LogP contribution in [0.25, 0.3) is 0 Å². The number of carbonyl (C=O) groups excluding carboxylic acids is 1. The van der Waals surface area contributed by atoms with E-state index in [1.807, 2.05) is 0 Å². The lowest BCUT2D eigenvalue weighted by Crippen LogP contribution is -2.07. The number of hydrogen-bond donors (Lipinski definition) is 1. The van der Waals surface area contributed by atoms with Crippen LogP contribution >= 0.6 is 11.5 Å². The summed E-state index contributed by atoms with van der Waals surface area (Å²) in [4.78, 5) is 14.8. The van der Waals surface area contributed by atoms with E-state index in [1.165, 1.54) is 0 Å². The van der Waals surface area contributed by atoms with Crippen molar-refractivity contribution in [2.75, 3.05) is 5.32 Å². The fraction of sp³-hybridized carbons (Fsp3) is 0.286. The molecule has 0 aliphatic heterocycles. The van der Waals surface area contributed by atoms with Crippen LogP contribution in [0.5, 0.6) is 0 Å². The van der Waals surface area contributed by atoms with Gasteiger partial charge in [0.1, 0.15) is 5.82 Å². The fourth-order valence-corrected chi connectivity index (χ4v) is 1.16. The number of hydrogen-bond acceptors (Lipinski definition) is 4. The highest BCUT2D eigenvalue weighted by Gasteiger charge is 2.01. The third-order valence-corrected chi connectivity index (χ3v) is 1.71.